The van der Waals surface area contributed by atoms with E-state index in [0.717, 1.165) is 11.3 Å². The van der Waals surface area contributed by atoms with Crippen LogP contribution in [0.15, 0.2) is 72.4 Å². The highest BCUT2D eigenvalue weighted by Crippen LogP contribution is 2.41. The van der Waals surface area contributed by atoms with Gasteiger partial charge in [0.2, 0.25) is 0 Å². The molecule has 2 aromatic carbocycles. The number of carbonyl (C=O) groups is 2. The molecule has 2 aromatic heterocycles. The molecule has 0 radical (unpaired) electrons. The van der Waals surface area contributed by atoms with Gasteiger partial charge >= 0.3 is 11.9 Å². The number of allylic oxidation sites excluding steroid dienone is 1. The van der Waals surface area contributed by atoms with E-state index in [0.29, 0.717) is 60.3 Å². The van der Waals surface area contributed by atoms with Crippen LogP contribution in [-0.2, 0) is 9.53 Å². The Balaban J connectivity index is 1.66. The zero-order chi connectivity index (χ0) is 31.7. The van der Waals surface area contributed by atoms with Crippen molar-refractivity contribution in [1.29, 1.82) is 0 Å². The number of halogens is 2. The number of carbonyl (C=O) groups excluding carboxylic acids is 1. The Morgan fingerprint density at radius 3 is 2.61 bits per heavy atom. The van der Waals surface area contributed by atoms with Gasteiger partial charge in [-0.1, -0.05) is 38.9 Å². The zero-order valence-corrected chi connectivity index (χ0v) is 27.1. The maximum absolute atomic E-state index is 14.0. The lowest BCUT2D eigenvalue weighted by molar-refractivity contribution is -0.139. The molecule has 0 saturated heterocycles. The van der Waals surface area contributed by atoms with Gasteiger partial charge in [-0.15, -0.1) is 0 Å². The van der Waals surface area contributed by atoms with Crippen LogP contribution in [-0.4, -0.2) is 41.9 Å². The summed E-state index contributed by atoms with van der Waals surface area (Å²) in [6, 6.07) is 10.5. The van der Waals surface area contributed by atoms with Crippen molar-refractivity contribution in [2.75, 3.05) is 20.3 Å². The van der Waals surface area contributed by atoms with Gasteiger partial charge in [-0.2, -0.15) is 0 Å². The van der Waals surface area contributed by atoms with Gasteiger partial charge in [0, 0.05) is 16.1 Å². The number of aromatic carboxylic acids is 1. The average Bonchev–Trinajstić information content (AvgIpc) is 3.57. The summed E-state index contributed by atoms with van der Waals surface area (Å²) >= 11 is 10.8. The van der Waals surface area contributed by atoms with Gasteiger partial charge in [-0.3, -0.25) is 9.36 Å². The van der Waals surface area contributed by atoms with Gasteiger partial charge in [0.1, 0.15) is 11.5 Å². The molecule has 0 aliphatic carbocycles. The number of aromatic nitrogens is 1. The molecule has 1 N–H and O–H groups in total. The Bertz CT molecular complexity index is 2010. The fourth-order valence-corrected chi connectivity index (χ4v) is 6.60. The summed E-state index contributed by atoms with van der Waals surface area (Å²) in [5.74, 6) is -0.0610. The molecule has 4 aromatic rings. The van der Waals surface area contributed by atoms with Crippen molar-refractivity contribution >= 4 is 56.9 Å². The SMILES string of the molecule is CCOC(=O)C1=C(C)N=c2s/c(=C/c3ccc(-c4ccc(Cl)c(C(=O)O)c4)o3)c(=O)n2[C@@H]1c1cc(OC)c(OCC)cc1Br. The molecule has 5 rings (SSSR count). The molecule has 1 aliphatic rings. The third-order valence-electron chi connectivity index (χ3n) is 6.78. The maximum Gasteiger partial charge on any atom is 0.338 e. The molecule has 0 unspecified atom stereocenters. The van der Waals surface area contributed by atoms with Crippen molar-refractivity contribution in [3.63, 3.8) is 0 Å². The Labute approximate surface area is 268 Å². The van der Waals surface area contributed by atoms with Crippen molar-refractivity contribution in [2.45, 2.75) is 26.8 Å². The number of hydrogen-bond acceptors (Lipinski definition) is 9. The van der Waals surface area contributed by atoms with Crippen molar-refractivity contribution in [3.8, 4) is 22.8 Å². The molecule has 0 saturated carbocycles. The van der Waals surface area contributed by atoms with Crippen molar-refractivity contribution in [1.82, 2.24) is 4.57 Å². The summed E-state index contributed by atoms with van der Waals surface area (Å²) in [5, 5.41) is 9.53. The molecule has 228 valence electrons. The molecule has 0 amide bonds. The number of fused-ring (bicyclic) bond motifs is 1. The summed E-state index contributed by atoms with van der Waals surface area (Å²) in [6.45, 7) is 5.82. The molecule has 3 heterocycles. The molecule has 1 aliphatic heterocycles. The second-order valence-corrected chi connectivity index (χ2v) is 11.7. The number of hydrogen-bond donors (Lipinski definition) is 1. The van der Waals surface area contributed by atoms with Crippen molar-refractivity contribution in [2.24, 2.45) is 4.99 Å². The van der Waals surface area contributed by atoms with Crippen LogP contribution in [0.1, 0.15) is 48.5 Å². The maximum atomic E-state index is 14.0. The number of esters is 1. The first-order valence-corrected chi connectivity index (χ1v) is 15.4. The summed E-state index contributed by atoms with van der Waals surface area (Å²) in [5.41, 5.74) is 1.27. The van der Waals surface area contributed by atoms with Gasteiger partial charge in [-0.05, 0) is 68.8 Å². The minimum atomic E-state index is -1.16. The molecule has 10 nitrogen and oxygen atoms in total. The normalized spacial score (nSPS) is 14.7. The quantitative estimate of drug-likeness (QED) is 0.224. The first-order chi connectivity index (χ1) is 21.1. The van der Waals surface area contributed by atoms with E-state index >= 15 is 0 Å². The highest BCUT2D eigenvalue weighted by atomic mass is 79.9. The Hall–Kier alpha value is -4.13. The van der Waals surface area contributed by atoms with Crippen LogP contribution in [0.25, 0.3) is 17.4 Å². The zero-order valence-electron chi connectivity index (χ0n) is 24.0. The fraction of sp³-hybridized carbons (Fsp3) is 0.226. The van der Waals surface area contributed by atoms with E-state index in [1.807, 2.05) is 6.92 Å². The lowest BCUT2D eigenvalue weighted by Crippen LogP contribution is -2.40. The molecule has 0 fully saturated rings. The Kier molecular flexibility index (Phi) is 9.14. The lowest BCUT2D eigenvalue weighted by Gasteiger charge is -2.26. The second-order valence-electron chi connectivity index (χ2n) is 9.46. The second kappa shape index (κ2) is 12.8. The summed E-state index contributed by atoms with van der Waals surface area (Å²) in [7, 11) is 1.51. The number of rotatable bonds is 9. The van der Waals surface area contributed by atoms with E-state index < -0.39 is 23.5 Å². The van der Waals surface area contributed by atoms with E-state index in [1.54, 1.807) is 50.3 Å². The molecule has 44 heavy (non-hydrogen) atoms. The summed E-state index contributed by atoms with van der Waals surface area (Å²) in [6.07, 6.45) is 1.58. The molecule has 13 heteroatoms. The largest absolute Gasteiger partial charge is 0.493 e. The van der Waals surface area contributed by atoms with E-state index in [1.165, 1.54) is 23.8 Å². The van der Waals surface area contributed by atoms with Gasteiger partial charge < -0.3 is 23.7 Å². The molecule has 0 spiro atoms. The number of benzene rings is 2. The number of ether oxygens (including phenoxy) is 3. The minimum Gasteiger partial charge on any atom is -0.493 e. The number of nitrogens with zero attached hydrogens (tertiary/aromatic N) is 2. The number of methoxy groups -OCH3 is 1. The van der Waals surface area contributed by atoms with Gasteiger partial charge in [-0.25, -0.2) is 14.6 Å². The number of furan rings is 1. The number of carboxylic acids is 1. The van der Waals surface area contributed by atoms with Crippen LogP contribution in [0, 0.1) is 0 Å². The highest BCUT2D eigenvalue weighted by molar-refractivity contribution is 9.10. The third kappa shape index (κ3) is 5.84. The predicted octanol–water partition coefficient (Wildman–Crippen LogP) is 5.58. The van der Waals surface area contributed by atoms with Crippen LogP contribution in [0.5, 0.6) is 11.5 Å². The number of thiazole rings is 1. The van der Waals surface area contributed by atoms with Crippen LogP contribution in [0.4, 0.5) is 0 Å². The first-order valence-electron chi connectivity index (χ1n) is 13.4. The van der Waals surface area contributed by atoms with E-state index in [-0.39, 0.29) is 22.8 Å². The van der Waals surface area contributed by atoms with Crippen LogP contribution >= 0.6 is 38.9 Å². The van der Waals surface area contributed by atoms with Gasteiger partial charge in [0.05, 0.1) is 52.8 Å². The van der Waals surface area contributed by atoms with Crippen molar-refractivity contribution < 1.29 is 33.3 Å². The first kappa shape index (κ1) is 31.3. The van der Waals surface area contributed by atoms with Crippen molar-refractivity contribution in [3.05, 3.63) is 99.8 Å². The lowest BCUT2D eigenvalue weighted by atomic mass is 9.95. The standard InChI is InChI=1S/C31H26BrClN2O8S/c1-5-41-24-14-20(32)18(13-23(24)40-4)27-26(30(39)42-6-2)15(3)34-31-35(27)28(36)25(44-31)12-17-8-10-22(43-17)16-7-9-21(33)19(11-16)29(37)38/h7-14,27H,5-6H2,1-4H3,(H,37,38)/b25-12+/t27-/m1/s1. The van der Waals surface area contributed by atoms with E-state index in [2.05, 4.69) is 20.9 Å². The minimum absolute atomic E-state index is 0.0553. The molecular formula is C31H26BrClN2O8S. The van der Waals surface area contributed by atoms with Gasteiger partial charge in [0.25, 0.3) is 5.56 Å². The average molecular weight is 702 g/mol. The predicted molar refractivity (Wildman–Crippen MR) is 168 cm³/mol. The summed E-state index contributed by atoms with van der Waals surface area (Å²) < 4.78 is 25.0. The van der Waals surface area contributed by atoms with Crippen LogP contribution in [0.3, 0.4) is 0 Å². The van der Waals surface area contributed by atoms with Crippen LogP contribution in [0.2, 0.25) is 5.02 Å². The fourth-order valence-electron chi connectivity index (χ4n) is 4.83. The monoisotopic (exact) mass is 700 g/mol. The molecule has 0 bridgehead atoms. The molecular weight excluding hydrogens is 676 g/mol. The van der Waals surface area contributed by atoms with Gasteiger partial charge in [0.15, 0.2) is 16.3 Å². The number of carboxylic acid groups (broad SMARTS) is 1. The third-order valence-corrected chi connectivity index (χ3v) is 8.78. The smallest absolute Gasteiger partial charge is 0.338 e. The highest BCUT2D eigenvalue weighted by Gasteiger charge is 2.35. The van der Waals surface area contributed by atoms with E-state index in [9.17, 15) is 19.5 Å². The van der Waals surface area contributed by atoms with E-state index in [4.69, 9.17) is 30.2 Å². The Morgan fingerprint density at radius 2 is 1.93 bits per heavy atom. The molecule has 1 atom stereocenters. The topological polar surface area (TPSA) is 130 Å². The Morgan fingerprint density at radius 1 is 1.16 bits per heavy atom. The van der Waals surface area contributed by atoms with Crippen LogP contribution < -0.4 is 24.4 Å². The summed E-state index contributed by atoms with van der Waals surface area (Å²) in [4.78, 5) is 43.8.